The zero-order valence-electron chi connectivity index (χ0n) is 8.95. The number of aliphatic hydroxyl groups is 1. The summed E-state index contributed by atoms with van der Waals surface area (Å²) < 4.78 is 10.3. The number of ether oxygens (including phenoxy) is 2. The fourth-order valence-electron chi connectivity index (χ4n) is 1.28. The van der Waals surface area contributed by atoms with Crippen molar-refractivity contribution in [3.05, 3.63) is 0 Å². The molecule has 0 aromatic carbocycles. The molecule has 1 atom stereocenters. The first-order valence-corrected chi connectivity index (χ1v) is 4.92. The largest absolute Gasteiger partial charge is 0.396 e. The zero-order chi connectivity index (χ0) is 10.1. The van der Waals surface area contributed by atoms with Crippen LogP contribution in [-0.4, -0.2) is 31.7 Å². The third-order valence-corrected chi connectivity index (χ3v) is 1.84. The third kappa shape index (κ3) is 8.22. The van der Waals surface area contributed by atoms with Crippen molar-refractivity contribution in [3.63, 3.8) is 0 Å². The molecule has 0 saturated heterocycles. The maximum Gasteiger partial charge on any atom is 0.146 e. The summed E-state index contributed by atoms with van der Waals surface area (Å²) >= 11 is 0. The highest BCUT2D eigenvalue weighted by atomic mass is 16.7. The Hall–Kier alpha value is -0.120. The summed E-state index contributed by atoms with van der Waals surface area (Å²) in [7, 11) is 1.62. The lowest BCUT2D eigenvalue weighted by atomic mass is 10.0. The molecular weight excluding hydrogens is 168 g/mol. The summed E-state index contributed by atoms with van der Waals surface area (Å²) in [5.41, 5.74) is 0. The molecule has 3 heteroatoms. The molecule has 0 aliphatic heterocycles. The Kier molecular flexibility index (Phi) is 8.40. The van der Waals surface area contributed by atoms with Crippen LogP contribution in [0.5, 0.6) is 0 Å². The molecule has 0 bridgehead atoms. The molecule has 0 aliphatic rings. The van der Waals surface area contributed by atoms with Gasteiger partial charge in [0.05, 0.1) is 6.10 Å². The summed E-state index contributed by atoms with van der Waals surface area (Å²) in [5, 5.41) is 8.69. The van der Waals surface area contributed by atoms with Gasteiger partial charge in [-0.15, -0.1) is 0 Å². The molecule has 0 fully saturated rings. The first kappa shape index (κ1) is 12.9. The maximum absolute atomic E-state index is 8.69. The first-order chi connectivity index (χ1) is 6.20. The maximum atomic E-state index is 8.69. The van der Waals surface area contributed by atoms with E-state index >= 15 is 0 Å². The average molecular weight is 190 g/mol. The highest BCUT2D eigenvalue weighted by Gasteiger charge is 2.10. The minimum atomic E-state index is 0.229. The van der Waals surface area contributed by atoms with Gasteiger partial charge < -0.3 is 14.6 Å². The Morgan fingerprint density at radius 2 is 2.00 bits per heavy atom. The summed E-state index contributed by atoms with van der Waals surface area (Å²) in [6.07, 6.45) is 2.98. The normalized spacial score (nSPS) is 13.6. The number of aliphatic hydroxyl groups excluding tert-OH is 1. The number of methoxy groups -OCH3 is 1. The Morgan fingerprint density at radius 1 is 1.31 bits per heavy atom. The smallest absolute Gasteiger partial charge is 0.146 e. The topological polar surface area (TPSA) is 38.7 Å². The van der Waals surface area contributed by atoms with Crippen LogP contribution in [0.1, 0.15) is 33.1 Å². The van der Waals surface area contributed by atoms with Gasteiger partial charge in [-0.25, -0.2) is 0 Å². The van der Waals surface area contributed by atoms with Gasteiger partial charge in [0.2, 0.25) is 0 Å². The van der Waals surface area contributed by atoms with Crippen LogP contribution >= 0.6 is 0 Å². The molecule has 0 heterocycles. The Balaban J connectivity index is 3.60. The zero-order valence-corrected chi connectivity index (χ0v) is 8.95. The van der Waals surface area contributed by atoms with Crippen molar-refractivity contribution in [1.82, 2.24) is 0 Å². The Bertz CT molecular complexity index is 96.3. The lowest BCUT2D eigenvalue weighted by Crippen LogP contribution is -2.17. The molecule has 0 unspecified atom stereocenters. The average Bonchev–Trinajstić information content (AvgIpc) is 2.09. The summed E-state index contributed by atoms with van der Waals surface area (Å²) in [5.74, 6) is 0.626. The Morgan fingerprint density at radius 3 is 2.46 bits per heavy atom. The van der Waals surface area contributed by atoms with Crippen molar-refractivity contribution >= 4 is 0 Å². The van der Waals surface area contributed by atoms with E-state index in [2.05, 4.69) is 13.8 Å². The van der Waals surface area contributed by atoms with E-state index in [1.165, 1.54) is 0 Å². The predicted molar refractivity (Wildman–Crippen MR) is 52.5 cm³/mol. The van der Waals surface area contributed by atoms with E-state index in [1.54, 1.807) is 7.11 Å². The van der Waals surface area contributed by atoms with Gasteiger partial charge in [0.15, 0.2) is 0 Å². The minimum Gasteiger partial charge on any atom is -0.396 e. The van der Waals surface area contributed by atoms with Crippen molar-refractivity contribution in [1.29, 1.82) is 0 Å². The van der Waals surface area contributed by atoms with Gasteiger partial charge in [-0.1, -0.05) is 13.8 Å². The van der Waals surface area contributed by atoms with Gasteiger partial charge in [-0.2, -0.15) is 0 Å². The van der Waals surface area contributed by atoms with Gasteiger partial charge in [0, 0.05) is 13.7 Å². The first-order valence-electron chi connectivity index (χ1n) is 4.92. The van der Waals surface area contributed by atoms with Crippen LogP contribution in [0.4, 0.5) is 0 Å². The fourth-order valence-corrected chi connectivity index (χ4v) is 1.28. The monoisotopic (exact) mass is 190 g/mol. The minimum absolute atomic E-state index is 0.229. The van der Waals surface area contributed by atoms with Gasteiger partial charge >= 0.3 is 0 Å². The Labute approximate surface area is 81.0 Å². The third-order valence-electron chi connectivity index (χ3n) is 1.84. The number of hydrogen-bond acceptors (Lipinski definition) is 3. The molecule has 0 aromatic heterocycles. The lowest BCUT2D eigenvalue weighted by Gasteiger charge is -2.18. The molecule has 80 valence electrons. The molecule has 0 radical (unpaired) electrons. The summed E-state index contributed by atoms with van der Waals surface area (Å²) in [6, 6.07) is 0. The second-order valence-corrected chi connectivity index (χ2v) is 3.69. The van der Waals surface area contributed by atoms with Crippen molar-refractivity contribution < 1.29 is 14.6 Å². The highest BCUT2D eigenvalue weighted by Crippen LogP contribution is 2.13. The van der Waals surface area contributed by atoms with E-state index in [4.69, 9.17) is 14.6 Å². The van der Waals surface area contributed by atoms with Crippen LogP contribution in [-0.2, 0) is 9.47 Å². The van der Waals surface area contributed by atoms with Gasteiger partial charge in [-0.05, 0) is 25.2 Å². The van der Waals surface area contributed by atoms with Crippen LogP contribution in [0.2, 0.25) is 0 Å². The number of rotatable bonds is 8. The molecular formula is C10H22O3. The molecule has 3 nitrogen and oxygen atoms in total. The molecule has 1 N–H and O–H groups in total. The van der Waals surface area contributed by atoms with Crippen LogP contribution in [0, 0.1) is 5.92 Å². The van der Waals surface area contributed by atoms with Crippen molar-refractivity contribution in [2.24, 2.45) is 5.92 Å². The molecule has 0 aromatic rings. The van der Waals surface area contributed by atoms with Crippen LogP contribution in [0.25, 0.3) is 0 Å². The highest BCUT2D eigenvalue weighted by molar-refractivity contribution is 4.60. The second kappa shape index (κ2) is 8.48. The molecule has 0 spiro atoms. The standard InChI is InChI=1S/C10H22O3/c1-9(2)7-10(5-4-6-11)13-8-12-3/h9-11H,4-8H2,1-3H3/t10-/m1/s1. The second-order valence-electron chi connectivity index (χ2n) is 3.69. The van der Waals surface area contributed by atoms with Crippen molar-refractivity contribution in [2.45, 2.75) is 39.2 Å². The number of hydrogen-bond donors (Lipinski definition) is 1. The summed E-state index contributed by atoms with van der Waals surface area (Å²) in [6.45, 7) is 4.93. The SMILES string of the molecule is COCO[C@H](CCCO)CC(C)C. The molecule has 0 saturated carbocycles. The van der Waals surface area contributed by atoms with E-state index in [9.17, 15) is 0 Å². The van der Waals surface area contributed by atoms with E-state index in [1.807, 2.05) is 0 Å². The van der Waals surface area contributed by atoms with Gasteiger partial charge in [0.1, 0.15) is 6.79 Å². The van der Waals surface area contributed by atoms with Crippen LogP contribution in [0.15, 0.2) is 0 Å². The molecule has 0 amide bonds. The van der Waals surface area contributed by atoms with E-state index in [0.717, 1.165) is 19.3 Å². The summed E-state index contributed by atoms with van der Waals surface area (Å²) in [4.78, 5) is 0. The molecule has 0 rings (SSSR count). The van der Waals surface area contributed by atoms with Crippen molar-refractivity contribution in [3.8, 4) is 0 Å². The molecule has 13 heavy (non-hydrogen) atoms. The molecule has 0 aliphatic carbocycles. The lowest BCUT2D eigenvalue weighted by molar-refractivity contribution is -0.0810. The van der Waals surface area contributed by atoms with Crippen molar-refractivity contribution in [2.75, 3.05) is 20.5 Å². The predicted octanol–water partition coefficient (Wildman–Crippen LogP) is 1.79. The van der Waals surface area contributed by atoms with E-state index in [-0.39, 0.29) is 12.7 Å². The van der Waals surface area contributed by atoms with E-state index < -0.39 is 0 Å². The van der Waals surface area contributed by atoms with Gasteiger partial charge in [-0.3, -0.25) is 0 Å². The quantitative estimate of drug-likeness (QED) is 0.593. The van der Waals surface area contributed by atoms with Crippen LogP contribution < -0.4 is 0 Å². The van der Waals surface area contributed by atoms with E-state index in [0.29, 0.717) is 12.7 Å². The van der Waals surface area contributed by atoms with Crippen LogP contribution in [0.3, 0.4) is 0 Å². The van der Waals surface area contributed by atoms with Gasteiger partial charge in [0.25, 0.3) is 0 Å². The fraction of sp³-hybridized carbons (Fsp3) is 1.00.